The zero-order valence-corrected chi connectivity index (χ0v) is 16.4. The second-order valence-corrected chi connectivity index (χ2v) is 7.47. The molecule has 3 heterocycles. The highest BCUT2D eigenvalue weighted by atomic mass is 19.1. The van der Waals surface area contributed by atoms with Crippen molar-refractivity contribution >= 4 is 22.8 Å². The molecule has 0 atom stereocenters. The number of piperidine rings is 1. The quantitative estimate of drug-likeness (QED) is 0.611. The van der Waals surface area contributed by atoms with E-state index in [1.807, 2.05) is 6.92 Å². The van der Waals surface area contributed by atoms with Crippen molar-refractivity contribution in [2.45, 2.75) is 25.7 Å². The maximum Gasteiger partial charge on any atom is 0.280 e. The smallest absolute Gasteiger partial charge is 0.280 e. The number of ether oxygens (including phenoxy) is 1. The van der Waals surface area contributed by atoms with Gasteiger partial charge in [-0.1, -0.05) is 11.2 Å². The maximum atomic E-state index is 13.4. The number of carbonyl (C=O) groups excluding carboxylic acids is 2. The second-order valence-electron chi connectivity index (χ2n) is 7.47. The Balaban J connectivity index is 1.35. The predicted molar refractivity (Wildman–Crippen MR) is 106 cm³/mol. The van der Waals surface area contributed by atoms with Crippen LogP contribution in [0.4, 0.5) is 4.39 Å². The summed E-state index contributed by atoms with van der Waals surface area (Å²) in [6.45, 7) is 3.30. The van der Waals surface area contributed by atoms with E-state index in [0.29, 0.717) is 55.0 Å². The zero-order valence-electron chi connectivity index (χ0n) is 16.4. The molecule has 0 N–H and O–H groups in total. The first kappa shape index (κ1) is 18.7. The van der Waals surface area contributed by atoms with Gasteiger partial charge in [-0.15, -0.1) is 0 Å². The minimum atomic E-state index is -0.364. The lowest BCUT2D eigenvalue weighted by Crippen LogP contribution is -2.49. The number of hydrogen-bond donors (Lipinski definition) is 0. The highest BCUT2D eigenvalue weighted by molar-refractivity contribution is 6.22. The van der Waals surface area contributed by atoms with E-state index in [-0.39, 0.29) is 23.5 Å². The van der Waals surface area contributed by atoms with Crippen LogP contribution in [0.25, 0.3) is 11.0 Å². The average Bonchev–Trinajstić information content (AvgIpc) is 3.27. The molecule has 1 aromatic heterocycles. The van der Waals surface area contributed by atoms with Crippen LogP contribution >= 0.6 is 0 Å². The number of fused-ring (bicyclic) bond motifs is 2. The van der Waals surface area contributed by atoms with Crippen LogP contribution in [-0.4, -0.2) is 46.7 Å². The molecule has 7 nitrogen and oxygen atoms in total. The van der Waals surface area contributed by atoms with Crippen molar-refractivity contribution in [2.24, 2.45) is 0 Å². The molecular weight excluding hydrogens is 389 g/mol. The molecule has 5 rings (SSSR count). The number of nitrogens with zero attached hydrogens (tertiary/aromatic N) is 3. The number of hydrogen-bond acceptors (Lipinski definition) is 6. The molecule has 1 fully saturated rings. The molecule has 2 amide bonds. The number of aromatic nitrogens is 1. The summed E-state index contributed by atoms with van der Waals surface area (Å²) in [4.78, 5) is 26.0. The Morgan fingerprint density at radius 1 is 1.17 bits per heavy atom. The number of rotatable bonds is 4. The van der Waals surface area contributed by atoms with Crippen molar-refractivity contribution in [1.82, 2.24) is 15.2 Å². The molecule has 0 unspecified atom stereocenters. The summed E-state index contributed by atoms with van der Waals surface area (Å²) < 4.78 is 24.2. The van der Waals surface area contributed by atoms with Gasteiger partial charge in [0.2, 0.25) is 0 Å². The van der Waals surface area contributed by atoms with Gasteiger partial charge in [0.15, 0.2) is 5.58 Å². The Bertz CT molecular complexity index is 1150. The van der Waals surface area contributed by atoms with E-state index in [1.165, 1.54) is 17.1 Å². The summed E-state index contributed by atoms with van der Waals surface area (Å²) in [5, 5.41) is 7.98. The molecule has 0 aliphatic carbocycles. The van der Waals surface area contributed by atoms with Gasteiger partial charge in [0.1, 0.15) is 11.6 Å². The molecule has 0 radical (unpaired) electrons. The molecule has 1 saturated heterocycles. The summed E-state index contributed by atoms with van der Waals surface area (Å²) in [6.07, 6.45) is 1.40. The molecule has 2 aliphatic rings. The highest BCUT2D eigenvalue weighted by Crippen LogP contribution is 2.36. The molecule has 0 saturated carbocycles. The molecule has 3 aromatic rings. The molecular formula is C22H20FN3O4. The lowest BCUT2D eigenvalue weighted by Gasteiger charge is -2.35. The normalized spacial score (nSPS) is 17.7. The van der Waals surface area contributed by atoms with E-state index in [9.17, 15) is 14.0 Å². The minimum Gasteiger partial charge on any atom is -0.493 e. The number of amides is 2. The fourth-order valence-corrected chi connectivity index (χ4v) is 4.34. The van der Waals surface area contributed by atoms with Crippen LogP contribution in [0.2, 0.25) is 0 Å². The number of hydrazine groups is 1. The fraction of sp³-hybridized carbons (Fsp3) is 0.318. The number of benzene rings is 2. The van der Waals surface area contributed by atoms with Crippen LogP contribution in [0.5, 0.6) is 5.75 Å². The number of carbonyl (C=O) groups is 2. The SMILES string of the molecule is CCOc1cccc2c1C(=O)N(N1CCC(c3noc4cc(F)ccc34)CC1)C2=O. The van der Waals surface area contributed by atoms with Crippen LogP contribution in [0, 0.1) is 5.82 Å². The molecule has 154 valence electrons. The van der Waals surface area contributed by atoms with Crippen molar-refractivity contribution < 1.29 is 23.2 Å². The van der Waals surface area contributed by atoms with Crippen LogP contribution in [0.15, 0.2) is 40.9 Å². The molecule has 0 bridgehead atoms. The third-order valence-electron chi connectivity index (χ3n) is 5.76. The Labute approximate surface area is 172 Å². The van der Waals surface area contributed by atoms with E-state index in [4.69, 9.17) is 9.26 Å². The third kappa shape index (κ3) is 2.87. The van der Waals surface area contributed by atoms with Gasteiger partial charge in [0.05, 0.1) is 23.4 Å². The second kappa shape index (κ2) is 7.21. The molecule has 0 spiro atoms. The summed E-state index contributed by atoms with van der Waals surface area (Å²) in [6, 6.07) is 9.50. The predicted octanol–water partition coefficient (Wildman–Crippen LogP) is 3.76. The average molecular weight is 409 g/mol. The van der Waals surface area contributed by atoms with Gasteiger partial charge >= 0.3 is 0 Å². The van der Waals surface area contributed by atoms with E-state index in [1.54, 1.807) is 29.3 Å². The largest absolute Gasteiger partial charge is 0.493 e. The van der Waals surface area contributed by atoms with Gasteiger partial charge in [-0.05, 0) is 44.0 Å². The van der Waals surface area contributed by atoms with Crippen molar-refractivity contribution in [2.75, 3.05) is 19.7 Å². The molecule has 30 heavy (non-hydrogen) atoms. The Hall–Kier alpha value is -3.26. The molecule has 8 heteroatoms. The van der Waals surface area contributed by atoms with Crippen LogP contribution < -0.4 is 4.74 Å². The first-order valence-corrected chi connectivity index (χ1v) is 10.0. The van der Waals surface area contributed by atoms with Gasteiger partial charge in [-0.3, -0.25) is 9.59 Å². The maximum absolute atomic E-state index is 13.4. The van der Waals surface area contributed by atoms with Crippen molar-refractivity contribution in [3.8, 4) is 5.75 Å². The van der Waals surface area contributed by atoms with Gasteiger partial charge in [0.25, 0.3) is 11.8 Å². The summed E-state index contributed by atoms with van der Waals surface area (Å²) >= 11 is 0. The Morgan fingerprint density at radius 2 is 1.97 bits per heavy atom. The Morgan fingerprint density at radius 3 is 2.73 bits per heavy atom. The minimum absolute atomic E-state index is 0.113. The topological polar surface area (TPSA) is 75.9 Å². The lowest BCUT2D eigenvalue weighted by molar-refractivity contribution is -0.00972. The van der Waals surface area contributed by atoms with Gasteiger partial charge in [-0.25, -0.2) is 14.4 Å². The number of imide groups is 1. The molecule has 2 aromatic carbocycles. The van der Waals surface area contributed by atoms with Crippen LogP contribution in [0.3, 0.4) is 0 Å². The first-order valence-electron chi connectivity index (χ1n) is 10.0. The lowest BCUT2D eigenvalue weighted by atomic mass is 9.92. The van der Waals surface area contributed by atoms with Crippen LogP contribution in [-0.2, 0) is 0 Å². The van der Waals surface area contributed by atoms with E-state index < -0.39 is 0 Å². The fourth-order valence-electron chi connectivity index (χ4n) is 4.34. The number of halogens is 1. The summed E-state index contributed by atoms with van der Waals surface area (Å²) in [5.41, 5.74) is 1.93. The monoisotopic (exact) mass is 409 g/mol. The van der Waals surface area contributed by atoms with Gasteiger partial charge < -0.3 is 9.26 Å². The Kier molecular flexibility index (Phi) is 4.51. The summed E-state index contributed by atoms with van der Waals surface area (Å²) in [7, 11) is 0. The van der Waals surface area contributed by atoms with Gasteiger partial charge in [0, 0.05) is 30.5 Å². The molecule has 2 aliphatic heterocycles. The summed E-state index contributed by atoms with van der Waals surface area (Å²) in [5.74, 6) is -0.483. The van der Waals surface area contributed by atoms with Crippen molar-refractivity contribution in [1.29, 1.82) is 0 Å². The van der Waals surface area contributed by atoms with Gasteiger partial charge in [-0.2, -0.15) is 0 Å². The standard InChI is InChI=1S/C22H20FN3O4/c1-2-29-17-5-3-4-16-19(17)22(28)26(21(16)27)25-10-8-13(9-11-25)20-15-7-6-14(23)12-18(15)30-24-20/h3-7,12-13H,2,8-11H2,1H3. The highest BCUT2D eigenvalue weighted by Gasteiger charge is 2.42. The van der Waals surface area contributed by atoms with Crippen molar-refractivity contribution in [3.63, 3.8) is 0 Å². The zero-order chi connectivity index (χ0) is 20.8. The van der Waals surface area contributed by atoms with E-state index >= 15 is 0 Å². The van der Waals surface area contributed by atoms with Crippen molar-refractivity contribution in [3.05, 3.63) is 59.0 Å². The van der Waals surface area contributed by atoms with E-state index in [0.717, 1.165) is 11.1 Å². The third-order valence-corrected chi connectivity index (χ3v) is 5.76. The van der Waals surface area contributed by atoms with Crippen LogP contribution in [0.1, 0.15) is 52.1 Å². The van der Waals surface area contributed by atoms with E-state index in [2.05, 4.69) is 5.16 Å². The first-order chi connectivity index (χ1) is 14.6.